The molecule has 0 amide bonds. The molecule has 0 spiro atoms. The molecule has 2 rings (SSSR count). The standard InChI is InChI=1S/C16H16F3NO/c1-10-5-4-6-13(11(10)2)14-9-12(7-8-20-14)15(3,21)16(17,18)19/h4-9,21H,1-3H3. The molecule has 0 fully saturated rings. The van der Waals surface area contributed by atoms with Crippen molar-refractivity contribution in [2.75, 3.05) is 0 Å². The molecule has 1 aromatic heterocycles. The topological polar surface area (TPSA) is 33.1 Å². The molecule has 2 nitrogen and oxygen atoms in total. The summed E-state index contributed by atoms with van der Waals surface area (Å²) in [7, 11) is 0. The minimum absolute atomic E-state index is 0.221. The van der Waals surface area contributed by atoms with Gasteiger partial charge in [0.2, 0.25) is 0 Å². The van der Waals surface area contributed by atoms with Crippen LogP contribution in [-0.2, 0) is 5.60 Å². The van der Waals surface area contributed by atoms with Gasteiger partial charge in [-0.3, -0.25) is 4.98 Å². The van der Waals surface area contributed by atoms with E-state index in [1.165, 1.54) is 18.3 Å². The fourth-order valence-corrected chi connectivity index (χ4v) is 2.07. The fraction of sp³-hybridized carbons (Fsp3) is 0.312. The number of aliphatic hydroxyl groups is 1. The predicted molar refractivity (Wildman–Crippen MR) is 74.8 cm³/mol. The average Bonchev–Trinajstić information content (AvgIpc) is 2.41. The zero-order valence-corrected chi connectivity index (χ0v) is 12.0. The second-order valence-electron chi connectivity index (χ2n) is 5.25. The first-order valence-corrected chi connectivity index (χ1v) is 6.47. The number of rotatable bonds is 2. The maximum absolute atomic E-state index is 12.9. The Hall–Kier alpha value is -1.88. The van der Waals surface area contributed by atoms with Crippen LogP contribution in [0.5, 0.6) is 0 Å². The summed E-state index contributed by atoms with van der Waals surface area (Å²) in [6.07, 6.45) is -3.46. The van der Waals surface area contributed by atoms with Crippen molar-refractivity contribution < 1.29 is 18.3 Å². The third-order valence-electron chi connectivity index (χ3n) is 3.75. The molecule has 1 unspecified atom stereocenters. The summed E-state index contributed by atoms with van der Waals surface area (Å²) in [5.41, 5.74) is 0.0348. The highest BCUT2D eigenvalue weighted by Gasteiger charge is 2.51. The molecule has 0 aliphatic heterocycles. The third-order valence-corrected chi connectivity index (χ3v) is 3.75. The summed E-state index contributed by atoms with van der Waals surface area (Å²) in [5.74, 6) is 0. The van der Waals surface area contributed by atoms with Crippen molar-refractivity contribution >= 4 is 0 Å². The van der Waals surface area contributed by atoms with Crippen LogP contribution < -0.4 is 0 Å². The van der Waals surface area contributed by atoms with Gasteiger partial charge in [-0.1, -0.05) is 18.2 Å². The highest BCUT2D eigenvalue weighted by Crippen LogP contribution is 2.39. The summed E-state index contributed by atoms with van der Waals surface area (Å²) in [4.78, 5) is 4.13. The van der Waals surface area contributed by atoms with Gasteiger partial charge in [0.05, 0.1) is 5.69 Å². The van der Waals surface area contributed by atoms with Gasteiger partial charge in [-0.25, -0.2) is 0 Å². The van der Waals surface area contributed by atoms with Crippen LogP contribution in [-0.4, -0.2) is 16.3 Å². The minimum Gasteiger partial charge on any atom is -0.376 e. The Morgan fingerprint density at radius 3 is 2.38 bits per heavy atom. The van der Waals surface area contributed by atoms with Crippen LogP contribution in [0.2, 0.25) is 0 Å². The number of aromatic nitrogens is 1. The molecule has 0 aliphatic carbocycles. The van der Waals surface area contributed by atoms with Crippen LogP contribution >= 0.6 is 0 Å². The molecule has 0 aliphatic rings. The monoisotopic (exact) mass is 295 g/mol. The number of pyridine rings is 1. The predicted octanol–water partition coefficient (Wildman–Crippen LogP) is 4.14. The minimum atomic E-state index is -4.74. The van der Waals surface area contributed by atoms with Crippen molar-refractivity contribution in [3.05, 3.63) is 53.2 Å². The van der Waals surface area contributed by atoms with Gasteiger partial charge in [0.15, 0.2) is 5.60 Å². The Morgan fingerprint density at radius 1 is 1.10 bits per heavy atom. The quantitative estimate of drug-likeness (QED) is 0.903. The summed E-state index contributed by atoms with van der Waals surface area (Å²) in [6, 6.07) is 8.02. The number of halogens is 3. The molecular formula is C16H16F3NO. The van der Waals surface area contributed by atoms with Gasteiger partial charge >= 0.3 is 6.18 Å². The van der Waals surface area contributed by atoms with Crippen molar-refractivity contribution in [3.8, 4) is 11.3 Å². The molecule has 0 bridgehead atoms. The highest BCUT2D eigenvalue weighted by molar-refractivity contribution is 5.65. The smallest absolute Gasteiger partial charge is 0.376 e. The molecule has 0 radical (unpaired) electrons. The van der Waals surface area contributed by atoms with E-state index in [1.807, 2.05) is 26.0 Å². The Morgan fingerprint density at radius 2 is 1.76 bits per heavy atom. The van der Waals surface area contributed by atoms with E-state index in [2.05, 4.69) is 4.98 Å². The normalized spacial score (nSPS) is 14.8. The number of nitrogens with zero attached hydrogens (tertiary/aromatic N) is 1. The summed E-state index contributed by atoms with van der Waals surface area (Å²) in [5, 5.41) is 9.76. The molecule has 21 heavy (non-hydrogen) atoms. The Labute approximate surface area is 121 Å². The van der Waals surface area contributed by atoms with E-state index in [9.17, 15) is 18.3 Å². The van der Waals surface area contributed by atoms with Gasteiger partial charge in [-0.2, -0.15) is 13.2 Å². The fourth-order valence-electron chi connectivity index (χ4n) is 2.07. The number of alkyl halides is 3. The van der Waals surface area contributed by atoms with Gasteiger partial charge in [0.1, 0.15) is 0 Å². The van der Waals surface area contributed by atoms with E-state index in [-0.39, 0.29) is 5.56 Å². The van der Waals surface area contributed by atoms with Crippen molar-refractivity contribution in [2.45, 2.75) is 32.5 Å². The molecule has 1 atom stereocenters. The third kappa shape index (κ3) is 2.78. The van der Waals surface area contributed by atoms with E-state index in [0.717, 1.165) is 23.6 Å². The van der Waals surface area contributed by atoms with Crippen molar-refractivity contribution in [2.24, 2.45) is 0 Å². The lowest BCUT2D eigenvalue weighted by Crippen LogP contribution is -2.39. The number of hydrogen-bond donors (Lipinski definition) is 1. The molecule has 5 heteroatoms. The molecule has 0 saturated carbocycles. The maximum atomic E-state index is 12.9. The summed E-state index contributed by atoms with van der Waals surface area (Å²) < 4.78 is 38.8. The van der Waals surface area contributed by atoms with Gasteiger partial charge in [0.25, 0.3) is 0 Å². The van der Waals surface area contributed by atoms with E-state index in [1.54, 1.807) is 6.07 Å². The van der Waals surface area contributed by atoms with Crippen LogP contribution in [0.4, 0.5) is 13.2 Å². The summed E-state index contributed by atoms with van der Waals surface area (Å²) in [6.45, 7) is 4.56. The number of benzene rings is 1. The Bertz CT molecular complexity index is 663. The molecule has 2 aromatic rings. The lowest BCUT2D eigenvalue weighted by Gasteiger charge is -2.27. The highest BCUT2D eigenvalue weighted by atomic mass is 19.4. The van der Waals surface area contributed by atoms with Gasteiger partial charge in [-0.05, 0) is 49.6 Å². The SMILES string of the molecule is Cc1cccc(-c2cc(C(C)(O)C(F)(F)F)ccn2)c1C. The number of aryl methyl sites for hydroxylation is 1. The molecule has 1 heterocycles. The van der Waals surface area contributed by atoms with Crippen LogP contribution in [0.15, 0.2) is 36.5 Å². The molecule has 112 valence electrons. The maximum Gasteiger partial charge on any atom is 0.421 e. The Kier molecular flexibility index (Phi) is 3.80. The zero-order chi connectivity index (χ0) is 15.8. The molecule has 1 aromatic carbocycles. The van der Waals surface area contributed by atoms with E-state index < -0.39 is 11.8 Å². The second kappa shape index (κ2) is 5.15. The molecule has 0 saturated heterocycles. The zero-order valence-electron chi connectivity index (χ0n) is 12.0. The first-order chi connectivity index (χ1) is 9.64. The van der Waals surface area contributed by atoms with Crippen molar-refractivity contribution in [1.29, 1.82) is 0 Å². The van der Waals surface area contributed by atoms with Crippen LogP contribution in [0.25, 0.3) is 11.3 Å². The largest absolute Gasteiger partial charge is 0.421 e. The molecular weight excluding hydrogens is 279 g/mol. The summed E-state index contributed by atoms with van der Waals surface area (Å²) >= 11 is 0. The van der Waals surface area contributed by atoms with E-state index >= 15 is 0 Å². The Balaban J connectivity index is 2.55. The lowest BCUT2D eigenvalue weighted by molar-refractivity contribution is -0.258. The number of hydrogen-bond acceptors (Lipinski definition) is 2. The van der Waals surface area contributed by atoms with Crippen LogP contribution in [0.3, 0.4) is 0 Å². The van der Waals surface area contributed by atoms with Gasteiger partial charge in [0, 0.05) is 11.8 Å². The molecule has 1 N–H and O–H groups in total. The lowest BCUT2D eigenvalue weighted by atomic mass is 9.93. The van der Waals surface area contributed by atoms with E-state index in [4.69, 9.17) is 0 Å². The average molecular weight is 295 g/mol. The van der Waals surface area contributed by atoms with Crippen molar-refractivity contribution in [1.82, 2.24) is 4.98 Å². The van der Waals surface area contributed by atoms with Crippen LogP contribution in [0, 0.1) is 13.8 Å². The first-order valence-electron chi connectivity index (χ1n) is 6.47. The van der Waals surface area contributed by atoms with Gasteiger partial charge < -0.3 is 5.11 Å². The van der Waals surface area contributed by atoms with Gasteiger partial charge in [-0.15, -0.1) is 0 Å². The first kappa shape index (κ1) is 15.5. The van der Waals surface area contributed by atoms with E-state index in [0.29, 0.717) is 5.69 Å². The van der Waals surface area contributed by atoms with Crippen LogP contribution in [0.1, 0.15) is 23.6 Å². The second-order valence-corrected chi connectivity index (χ2v) is 5.25. The van der Waals surface area contributed by atoms with Crippen molar-refractivity contribution in [3.63, 3.8) is 0 Å².